The Hall–Kier alpha value is -2.71. The Bertz CT molecular complexity index is 1080. The third-order valence-corrected chi connectivity index (χ3v) is 7.80. The summed E-state index contributed by atoms with van der Waals surface area (Å²) in [5.41, 5.74) is 2.40. The summed E-state index contributed by atoms with van der Waals surface area (Å²) in [6.07, 6.45) is 1.78. The van der Waals surface area contributed by atoms with Crippen LogP contribution in [0, 0.1) is 0 Å². The fourth-order valence-corrected chi connectivity index (χ4v) is 5.48. The van der Waals surface area contributed by atoms with Gasteiger partial charge < -0.3 is 10.1 Å². The zero-order chi connectivity index (χ0) is 23.3. The molecule has 1 aliphatic rings. The van der Waals surface area contributed by atoms with Gasteiger partial charge in [-0.3, -0.25) is 4.79 Å². The van der Waals surface area contributed by atoms with Gasteiger partial charge in [-0.05, 0) is 55.5 Å². The number of hydrogen-bond donors (Lipinski definition) is 1. The van der Waals surface area contributed by atoms with E-state index in [1.807, 2.05) is 18.2 Å². The summed E-state index contributed by atoms with van der Waals surface area (Å²) in [7, 11) is -3.70. The minimum atomic E-state index is -3.70. The van der Waals surface area contributed by atoms with Crippen LogP contribution in [0.4, 0.5) is 0 Å². The molecule has 1 N–H and O–H groups in total. The van der Waals surface area contributed by atoms with Crippen molar-refractivity contribution in [2.24, 2.45) is 0 Å². The number of nitrogens with one attached hydrogen (secondary N) is 1. The van der Waals surface area contributed by atoms with E-state index < -0.39 is 22.1 Å². The lowest BCUT2D eigenvalue weighted by Crippen LogP contribution is -2.39. The van der Waals surface area contributed by atoms with E-state index >= 15 is 0 Å². The summed E-state index contributed by atoms with van der Waals surface area (Å²) in [5.74, 6) is -1.12. The molecule has 0 fully saturated rings. The molecule has 0 bridgehead atoms. The van der Waals surface area contributed by atoms with Gasteiger partial charge in [0.1, 0.15) is 0 Å². The third kappa shape index (κ3) is 5.19. The molecule has 2 unspecified atom stereocenters. The van der Waals surface area contributed by atoms with Crippen LogP contribution in [-0.4, -0.2) is 43.8 Å². The first-order valence-electron chi connectivity index (χ1n) is 11.0. The molecule has 2 atom stereocenters. The first-order valence-corrected chi connectivity index (χ1v) is 12.4. The Balaban J connectivity index is 1.68. The zero-order valence-electron chi connectivity index (χ0n) is 18.7. The lowest BCUT2D eigenvalue weighted by atomic mass is 9.87. The van der Waals surface area contributed by atoms with E-state index in [0.717, 1.165) is 24.8 Å². The second kappa shape index (κ2) is 10.3. The molecule has 1 amide bonds. The fraction of sp³-hybridized carbons (Fsp3) is 0.417. The molecule has 0 saturated heterocycles. The summed E-state index contributed by atoms with van der Waals surface area (Å²) in [4.78, 5) is 25.3. The van der Waals surface area contributed by atoms with E-state index in [-0.39, 0.29) is 22.4 Å². The molecule has 0 radical (unpaired) electrons. The first kappa shape index (κ1) is 23.9. The highest BCUT2D eigenvalue weighted by Gasteiger charge is 2.27. The van der Waals surface area contributed by atoms with Crippen molar-refractivity contribution in [3.05, 3.63) is 65.2 Å². The average molecular weight is 459 g/mol. The van der Waals surface area contributed by atoms with Crippen LogP contribution >= 0.6 is 0 Å². The maximum absolute atomic E-state index is 12.7. The van der Waals surface area contributed by atoms with Crippen molar-refractivity contribution in [1.29, 1.82) is 0 Å². The van der Waals surface area contributed by atoms with Gasteiger partial charge in [-0.25, -0.2) is 13.2 Å². The van der Waals surface area contributed by atoms with Crippen molar-refractivity contribution in [3.8, 4) is 0 Å². The van der Waals surface area contributed by atoms with Crippen LogP contribution in [0.3, 0.4) is 0 Å². The number of hydrogen-bond acceptors (Lipinski definition) is 5. The predicted molar refractivity (Wildman–Crippen MR) is 122 cm³/mol. The van der Waals surface area contributed by atoms with E-state index in [4.69, 9.17) is 4.74 Å². The molecule has 7 nitrogen and oxygen atoms in total. The second-order valence-corrected chi connectivity index (χ2v) is 9.75. The number of carbonyl (C=O) groups excluding carboxylic acids is 2. The van der Waals surface area contributed by atoms with E-state index in [0.29, 0.717) is 13.1 Å². The number of aryl methyl sites for hydroxylation is 1. The Labute approximate surface area is 189 Å². The van der Waals surface area contributed by atoms with Crippen LogP contribution in [-0.2, 0) is 26.0 Å². The van der Waals surface area contributed by atoms with Crippen LogP contribution < -0.4 is 5.32 Å². The van der Waals surface area contributed by atoms with Crippen LogP contribution in [0.1, 0.15) is 61.1 Å². The van der Waals surface area contributed by atoms with Gasteiger partial charge in [-0.15, -0.1) is 0 Å². The molecule has 1 aliphatic carbocycles. The van der Waals surface area contributed by atoms with Gasteiger partial charge in [-0.1, -0.05) is 44.2 Å². The van der Waals surface area contributed by atoms with E-state index in [9.17, 15) is 18.0 Å². The van der Waals surface area contributed by atoms with Gasteiger partial charge in [-0.2, -0.15) is 4.31 Å². The minimum Gasteiger partial charge on any atom is -0.449 e. The van der Waals surface area contributed by atoms with Gasteiger partial charge in [0.25, 0.3) is 5.91 Å². The van der Waals surface area contributed by atoms with Crippen molar-refractivity contribution >= 4 is 21.9 Å². The Morgan fingerprint density at radius 2 is 1.84 bits per heavy atom. The molecular weight excluding hydrogens is 428 g/mol. The number of ether oxygens (including phenoxy) is 1. The number of carbonyl (C=O) groups is 2. The summed E-state index contributed by atoms with van der Waals surface area (Å²) < 4.78 is 32.1. The SMILES string of the molecule is CCN(CC)S(=O)(=O)c1cccc(C(=O)OC(C)C(=O)NC2CCCc3ccccc32)c1. The maximum atomic E-state index is 12.7. The van der Waals surface area contributed by atoms with Gasteiger partial charge in [0.2, 0.25) is 10.0 Å². The van der Waals surface area contributed by atoms with E-state index in [1.54, 1.807) is 13.8 Å². The van der Waals surface area contributed by atoms with Gasteiger partial charge in [0.05, 0.1) is 16.5 Å². The molecule has 172 valence electrons. The highest BCUT2D eigenvalue weighted by atomic mass is 32.2. The topological polar surface area (TPSA) is 92.8 Å². The Morgan fingerprint density at radius 3 is 2.56 bits per heavy atom. The largest absolute Gasteiger partial charge is 0.449 e. The van der Waals surface area contributed by atoms with Gasteiger partial charge in [0, 0.05) is 13.1 Å². The number of fused-ring (bicyclic) bond motifs is 1. The van der Waals surface area contributed by atoms with Crippen LogP contribution in [0.15, 0.2) is 53.4 Å². The summed E-state index contributed by atoms with van der Waals surface area (Å²) in [6.45, 7) is 5.68. The highest BCUT2D eigenvalue weighted by molar-refractivity contribution is 7.89. The average Bonchev–Trinajstić information content (AvgIpc) is 2.80. The molecule has 0 aromatic heterocycles. The number of benzene rings is 2. The lowest BCUT2D eigenvalue weighted by molar-refractivity contribution is -0.130. The molecular formula is C24H30N2O5S. The molecule has 0 heterocycles. The number of rotatable bonds is 8. The molecule has 0 saturated carbocycles. The molecule has 2 aromatic rings. The molecule has 8 heteroatoms. The normalized spacial score (nSPS) is 16.8. The molecule has 0 spiro atoms. The second-order valence-electron chi connectivity index (χ2n) is 7.82. The molecule has 2 aromatic carbocycles. The number of amides is 1. The van der Waals surface area contributed by atoms with Gasteiger partial charge in [0.15, 0.2) is 6.10 Å². The monoisotopic (exact) mass is 458 g/mol. The number of nitrogens with zero attached hydrogens (tertiary/aromatic N) is 1. The minimum absolute atomic E-state index is 0.0200. The molecule has 0 aliphatic heterocycles. The highest BCUT2D eigenvalue weighted by Crippen LogP contribution is 2.29. The van der Waals surface area contributed by atoms with Crippen molar-refractivity contribution in [3.63, 3.8) is 0 Å². The summed E-state index contributed by atoms with van der Waals surface area (Å²) in [6, 6.07) is 13.6. The van der Waals surface area contributed by atoms with E-state index in [2.05, 4.69) is 11.4 Å². The quantitative estimate of drug-likeness (QED) is 0.612. The van der Waals surface area contributed by atoms with Crippen LogP contribution in [0.25, 0.3) is 0 Å². The Kier molecular flexibility index (Phi) is 7.69. The molecule has 3 rings (SSSR count). The van der Waals surface area contributed by atoms with Crippen molar-refractivity contribution in [2.75, 3.05) is 13.1 Å². The number of sulfonamides is 1. The Morgan fingerprint density at radius 1 is 1.12 bits per heavy atom. The maximum Gasteiger partial charge on any atom is 0.338 e. The zero-order valence-corrected chi connectivity index (χ0v) is 19.5. The van der Waals surface area contributed by atoms with Crippen molar-refractivity contribution in [1.82, 2.24) is 9.62 Å². The van der Waals surface area contributed by atoms with Crippen molar-refractivity contribution < 1.29 is 22.7 Å². The third-order valence-electron chi connectivity index (χ3n) is 5.75. The van der Waals surface area contributed by atoms with Gasteiger partial charge >= 0.3 is 5.97 Å². The molecule has 32 heavy (non-hydrogen) atoms. The van der Waals surface area contributed by atoms with E-state index in [1.165, 1.54) is 41.1 Å². The lowest BCUT2D eigenvalue weighted by Gasteiger charge is -2.27. The summed E-state index contributed by atoms with van der Waals surface area (Å²) in [5, 5.41) is 2.98. The standard InChI is InChI=1S/C24H30N2O5S/c1-4-26(5-2)32(29,30)20-13-8-12-19(16-20)24(28)31-17(3)23(27)25-22-15-9-11-18-10-6-7-14-21(18)22/h6-8,10,12-14,16-17,22H,4-5,9,11,15H2,1-3H3,(H,25,27). The van der Waals surface area contributed by atoms with Crippen LogP contribution in [0.2, 0.25) is 0 Å². The fourth-order valence-electron chi connectivity index (χ4n) is 3.97. The number of esters is 1. The smallest absolute Gasteiger partial charge is 0.338 e. The predicted octanol–water partition coefficient (Wildman–Crippen LogP) is 3.46. The summed E-state index contributed by atoms with van der Waals surface area (Å²) >= 11 is 0. The van der Waals surface area contributed by atoms with Crippen LogP contribution in [0.5, 0.6) is 0 Å². The first-order chi connectivity index (χ1) is 15.3. The van der Waals surface area contributed by atoms with Crippen molar-refractivity contribution in [2.45, 2.75) is 57.1 Å².